The van der Waals surface area contributed by atoms with Crippen molar-refractivity contribution in [3.8, 4) is 0 Å². The van der Waals surface area contributed by atoms with E-state index in [0.29, 0.717) is 11.1 Å². The van der Waals surface area contributed by atoms with Crippen molar-refractivity contribution in [3.05, 3.63) is 71.8 Å². The van der Waals surface area contributed by atoms with Gasteiger partial charge in [0.1, 0.15) is 12.2 Å². The number of hydrogen-bond donors (Lipinski definition) is 0. The molecule has 0 bridgehead atoms. The highest BCUT2D eigenvalue weighted by molar-refractivity contribution is 7.89. The van der Waals surface area contributed by atoms with Gasteiger partial charge < -0.3 is 23.8 Å². The molecule has 13 heteroatoms. The Morgan fingerprint density at radius 1 is 0.900 bits per heavy atom. The monoisotopic (exact) mass is 584 g/mol. The van der Waals surface area contributed by atoms with Crippen molar-refractivity contribution in [1.82, 2.24) is 9.21 Å². The second-order valence-electron chi connectivity index (χ2n) is 10.3. The summed E-state index contributed by atoms with van der Waals surface area (Å²) in [5.74, 6) is -4.51. The minimum atomic E-state index is -4.91. The van der Waals surface area contributed by atoms with Crippen LogP contribution < -0.4 is 0 Å². The average molecular weight is 585 g/mol. The van der Waals surface area contributed by atoms with Crippen LogP contribution in [0.5, 0.6) is 0 Å². The van der Waals surface area contributed by atoms with Crippen molar-refractivity contribution >= 4 is 15.9 Å². The normalized spacial score (nSPS) is 29.8. The summed E-state index contributed by atoms with van der Waals surface area (Å²) in [6.07, 6.45) is -9.19. The lowest BCUT2D eigenvalue weighted by molar-refractivity contribution is -0.278. The van der Waals surface area contributed by atoms with Gasteiger partial charge in [-0.1, -0.05) is 60.7 Å². The Labute approximate surface area is 230 Å². The van der Waals surface area contributed by atoms with E-state index in [1.54, 1.807) is 24.3 Å². The summed E-state index contributed by atoms with van der Waals surface area (Å²) in [6, 6.07) is 16.2. The number of benzene rings is 2. The van der Waals surface area contributed by atoms with Crippen LogP contribution in [0.1, 0.15) is 30.1 Å². The number of halogens is 3. The molecular formula is C27H31F3N2O7S. The largest absolute Gasteiger partial charge is 0.393 e. The fourth-order valence-electron chi connectivity index (χ4n) is 5.37. The van der Waals surface area contributed by atoms with Crippen LogP contribution in [0, 0.1) is 5.92 Å². The van der Waals surface area contributed by atoms with E-state index in [0.717, 1.165) is 9.21 Å². The Morgan fingerprint density at radius 2 is 1.35 bits per heavy atom. The number of amides is 1. The molecule has 40 heavy (non-hydrogen) atoms. The highest BCUT2D eigenvalue weighted by Gasteiger charge is 2.60. The first-order chi connectivity index (χ1) is 19.0. The zero-order chi connectivity index (χ0) is 28.7. The average Bonchev–Trinajstić information content (AvgIpc) is 3.27. The molecule has 3 fully saturated rings. The van der Waals surface area contributed by atoms with Crippen molar-refractivity contribution < 1.29 is 45.3 Å². The SMILES string of the molecule is CN(C)C(=O)C[C@@H](CS(=O)(=O)N1[C@H]2CO[C@@H](c3ccccc3)O[C@H]2[C@@H]2O[C@H](c3ccccc3)OC[C@@H]21)C(F)(F)F. The Kier molecular flexibility index (Phi) is 8.24. The lowest BCUT2D eigenvalue weighted by Gasteiger charge is -2.37. The summed E-state index contributed by atoms with van der Waals surface area (Å²) in [4.78, 5) is 13.1. The van der Waals surface area contributed by atoms with Gasteiger partial charge in [0.15, 0.2) is 12.6 Å². The van der Waals surface area contributed by atoms with Crippen molar-refractivity contribution in [1.29, 1.82) is 0 Å². The highest BCUT2D eigenvalue weighted by atomic mass is 32.2. The fourth-order valence-corrected chi connectivity index (χ4v) is 7.54. The van der Waals surface area contributed by atoms with Crippen LogP contribution in [0.2, 0.25) is 0 Å². The van der Waals surface area contributed by atoms with Gasteiger partial charge in [-0.15, -0.1) is 0 Å². The molecule has 0 aromatic heterocycles. The number of fused-ring (bicyclic) bond motifs is 3. The summed E-state index contributed by atoms with van der Waals surface area (Å²) in [5.41, 5.74) is 1.43. The molecule has 218 valence electrons. The van der Waals surface area contributed by atoms with Gasteiger partial charge in [0, 0.05) is 31.6 Å². The van der Waals surface area contributed by atoms with Gasteiger partial charge in [-0.25, -0.2) is 8.42 Å². The molecule has 0 N–H and O–H groups in total. The summed E-state index contributed by atoms with van der Waals surface area (Å²) < 4.78 is 94.6. The predicted molar refractivity (Wildman–Crippen MR) is 136 cm³/mol. The first kappa shape index (κ1) is 29.0. The Morgan fingerprint density at radius 3 is 1.75 bits per heavy atom. The molecule has 3 heterocycles. The van der Waals surface area contributed by atoms with Gasteiger partial charge in [0.05, 0.1) is 37.0 Å². The first-order valence-corrected chi connectivity index (χ1v) is 14.5. The van der Waals surface area contributed by atoms with Crippen LogP contribution >= 0.6 is 0 Å². The lowest BCUT2D eigenvalue weighted by atomic mass is 10.0. The van der Waals surface area contributed by atoms with E-state index in [4.69, 9.17) is 18.9 Å². The second-order valence-corrected chi connectivity index (χ2v) is 12.2. The van der Waals surface area contributed by atoms with Crippen LogP contribution in [0.25, 0.3) is 0 Å². The zero-order valence-corrected chi connectivity index (χ0v) is 22.8. The Hall–Kier alpha value is -2.55. The maximum absolute atomic E-state index is 14.0. The second kappa shape index (κ2) is 11.4. The number of ether oxygens (including phenoxy) is 4. The van der Waals surface area contributed by atoms with E-state index in [1.165, 1.54) is 14.1 Å². The van der Waals surface area contributed by atoms with Gasteiger partial charge in [-0.3, -0.25) is 4.79 Å². The molecule has 3 aliphatic rings. The van der Waals surface area contributed by atoms with Crippen LogP contribution in [0.3, 0.4) is 0 Å². The van der Waals surface area contributed by atoms with Crippen molar-refractivity contribution in [2.75, 3.05) is 33.1 Å². The molecule has 3 aliphatic heterocycles. The quantitative estimate of drug-likeness (QED) is 0.493. The summed E-state index contributed by atoms with van der Waals surface area (Å²) >= 11 is 0. The molecule has 0 spiro atoms. The van der Waals surface area contributed by atoms with Crippen LogP contribution in [0.4, 0.5) is 13.2 Å². The molecule has 3 saturated heterocycles. The summed E-state index contributed by atoms with van der Waals surface area (Å²) in [7, 11) is -1.96. The molecule has 0 radical (unpaired) electrons. The van der Waals surface area contributed by atoms with Crippen LogP contribution in [0.15, 0.2) is 60.7 Å². The molecule has 0 unspecified atom stereocenters. The maximum atomic E-state index is 14.0. The van der Waals surface area contributed by atoms with E-state index in [2.05, 4.69) is 0 Å². The molecule has 0 aliphatic carbocycles. The smallest absolute Gasteiger partial charge is 0.349 e. The fraction of sp³-hybridized carbons (Fsp3) is 0.519. The predicted octanol–water partition coefficient (Wildman–Crippen LogP) is 3.25. The van der Waals surface area contributed by atoms with E-state index in [-0.39, 0.29) is 13.2 Å². The van der Waals surface area contributed by atoms with Gasteiger partial charge in [-0.2, -0.15) is 17.5 Å². The standard InChI is InChI=1S/C27H31F3N2O7S/c1-31(2)22(33)13-19(27(28,29)30)16-40(34,35)32-20-14-36-25(17-9-5-3-6-10-17)38-23(20)24-21(32)15-37-26(39-24)18-11-7-4-8-12-18/h3-12,19-21,23-26H,13-16H2,1-2H3/t19-,20-,21-,23+,24+,25+,26+/m0/s1. The minimum absolute atomic E-state index is 0.122. The third kappa shape index (κ3) is 5.90. The molecule has 5 rings (SSSR count). The molecule has 7 atom stereocenters. The van der Waals surface area contributed by atoms with E-state index in [1.807, 2.05) is 36.4 Å². The number of rotatable bonds is 7. The zero-order valence-electron chi connectivity index (χ0n) is 21.9. The van der Waals surface area contributed by atoms with Crippen LogP contribution in [-0.4, -0.2) is 87.1 Å². The maximum Gasteiger partial charge on any atom is 0.393 e. The molecule has 2 aromatic carbocycles. The first-order valence-electron chi connectivity index (χ1n) is 12.9. The number of carbonyl (C=O) groups is 1. The van der Waals surface area contributed by atoms with E-state index < -0.39 is 77.1 Å². The van der Waals surface area contributed by atoms with Crippen molar-refractivity contribution in [2.45, 2.75) is 49.5 Å². The van der Waals surface area contributed by atoms with Crippen LogP contribution in [-0.2, 0) is 33.8 Å². The third-order valence-electron chi connectivity index (χ3n) is 7.39. The van der Waals surface area contributed by atoms with Crippen molar-refractivity contribution in [2.24, 2.45) is 5.92 Å². The number of sulfonamides is 1. The Bertz CT molecular complexity index is 1220. The minimum Gasteiger partial charge on any atom is -0.349 e. The number of hydrogen-bond acceptors (Lipinski definition) is 7. The summed E-state index contributed by atoms with van der Waals surface area (Å²) in [6.45, 7) is -0.244. The number of nitrogens with zero attached hydrogens (tertiary/aromatic N) is 2. The van der Waals surface area contributed by atoms with Gasteiger partial charge in [0.25, 0.3) is 0 Å². The molecular weight excluding hydrogens is 553 g/mol. The molecule has 0 saturated carbocycles. The molecule has 1 amide bonds. The molecule has 9 nitrogen and oxygen atoms in total. The lowest BCUT2D eigenvalue weighted by Crippen LogP contribution is -2.52. The third-order valence-corrected chi connectivity index (χ3v) is 9.40. The van der Waals surface area contributed by atoms with Gasteiger partial charge in [-0.05, 0) is 0 Å². The van der Waals surface area contributed by atoms with E-state index in [9.17, 15) is 26.4 Å². The number of alkyl halides is 3. The number of carbonyl (C=O) groups excluding carboxylic acids is 1. The van der Waals surface area contributed by atoms with Gasteiger partial charge >= 0.3 is 6.18 Å². The van der Waals surface area contributed by atoms with Gasteiger partial charge in [0.2, 0.25) is 15.9 Å². The highest BCUT2D eigenvalue weighted by Crippen LogP contribution is 2.45. The molecule has 2 aromatic rings. The Balaban J connectivity index is 1.45. The van der Waals surface area contributed by atoms with E-state index >= 15 is 0 Å². The summed E-state index contributed by atoms with van der Waals surface area (Å²) in [5, 5.41) is 0. The topological polar surface area (TPSA) is 94.6 Å². The van der Waals surface area contributed by atoms with Crippen molar-refractivity contribution in [3.63, 3.8) is 0 Å².